The van der Waals surface area contributed by atoms with Gasteiger partial charge in [0.2, 0.25) is 0 Å². The average Bonchev–Trinajstić information content (AvgIpc) is 2.26. The van der Waals surface area contributed by atoms with Crippen LogP contribution in [0.15, 0.2) is 30.3 Å². The highest BCUT2D eigenvalue weighted by molar-refractivity contribution is 5.63. The largest absolute Gasteiger partial charge is 0.494 e. The van der Waals surface area contributed by atoms with Gasteiger partial charge in [0.15, 0.2) is 0 Å². The van der Waals surface area contributed by atoms with Crippen LogP contribution in [0.25, 0.3) is 5.57 Å². The van der Waals surface area contributed by atoms with E-state index in [-0.39, 0.29) is 0 Å². The van der Waals surface area contributed by atoms with Crippen LogP contribution in [-0.4, -0.2) is 6.61 Å². The van der Waals surface area contributed by atoms with Crippen molar-refractivity contribution in [3.63, 3.8) is 0 Å². The summed E-state index contributed by atoms with van der Waals surface area (Å²) in [6, 6.07) is 8.25. The molecule has 0 N–H and O–H groups in total. The Morgan fingerprint density at radius 1 is 1.29 bits per heavy atom. The van der Waals surface area contributed by atoms with Crippen molar-refractivity contribution in [3.05, 3.63) is 35.9 Å². The molecule has 1 nitrogen and oxygen atoms in total. The number of benzene rings is 1. The van der Waals surface area contributed by atoms with Gasteiger partial charge in [-0.15, -0.1) is 0 Å². The Kier molecular flexibility index (Phi) is 4.24. The third kappa shape index (κ3) is 2.91. The fourth-order valence-electron chi connectivity index (χ4n) is 1.20. The van der Waals surface area contributed by atoms with Crippen LogP contribution in [0, 0.1) is 0 Å². The number of hydrogen-bond acceptors (Lipinski definition) is 1. The van der Waals surface area contributed by atoms with Crippen LogP contribution < -0.4 is 4.74 Å². The first-order chi connectivity index (χ1) is 6.77. The lowest BCUT2D eigenvalue weighted by Gasteiger charge is -2.05. The standard InChI is InChI=1S/C13H18O/c1-4-10-14-13-8-6-12(7-9-13)11(3)5-2/h5-9H,4,10H2,1-3H3. The zero-order valence-electron chi connectivity index (χ0n) is 9.21. The molecule has 0 atom stereocenters. The summed E-state index contributed by atoms with van der Waals surface area (Å²) < 4.78 is 5.50. The summed E-state index contributed by atoms with van der Waals surface area (Å²) in [4.78, 5) is 0. The van der Waals surface area contributed by atoms with E-state index in [1.165, 1.54) is 11.1 Å². The van der Waals surface area contributed by atoms with Crippen LogP contribution in [0.2, 0.25) is 0 Å². The van der Waals surface area contributed by atoms with Gasteiger partial charge in [0.1, 0.15) is 5.75 Å². The molecule has 0 aliphatic heterocycles. The second kappa shape index (κ2) is 5.48. The summed E-state index contributed by atoms with van der Waals surface area (Å²) >= 11 is 0. The molecule has 1 aromatic rings. The van der Waals surface area contributed by atoms with Crippen molar-refractivity contribution in [1.29, 1.82) is 0 Å². The molecule has 0 bridgehead atoms. The van der Waals surface area contributed by atoms with E-state index in [9.17, 15) is 0 Å². The molecule has 0 saturated heterocycles. The Labute approximate surface area is 86.4 Å². The summed E-state index contributed by atoms with van der Waals surface area (Å²) in [5, 5.41) is 0. The van der Waals surface area contributed by atoms with Gasteiger partial charge in [0, 0.05) is 0 Å². The number of rotatable bonds is 4. The quantitative estimate of drug-likeness (QED) is 0.699. The average molecular weight is 190 g/mol. The van der Waals surface area contributed by atoms with Gasteiger partial charge in [-0.05, 0) is 43.5 Å². The van der Waals surface area contributed by atoms with E-state index in [1.807, 2.05) is 12.1 Å². The Morgan fingerprint density at radius 3 is 2.43 bits per heavy atom. The molecule has 1 aromatic carbocycles. The molecule has 0 saturated carbocycles. The highest BCUT2D eigenvalue weighted by Gasteiger charge is 1.95. The molecular formula is C13H18O. The fraction of sp³-hybridized carbons (Fsp3) is 0.385. The number of ether oxygens (including phenoxy) is 1. The molecule has 1 heteroatoms. The van der Waals surface area contributed by atoms with Crippen LogP contribution in [0.5, 0.6) is 5.75 Å². The summed E-state index contributed by atoms with van der Waals surface area (Å²) in [7, 11) is 0. The maximum atomic E-state index is 5.50. The van der Waals surface area contributed by atoms with E-state index in [0.29, 0.717) is 0 Å². The monoisotopic (exact) mass is 190 g/mol. The zero-order chi connectivity index (χ0) is 10.4. The van der Waals surface area contributed by atoms with E-state index < -0.39 is 0 Å². The first-order valence-electron chi connectivity index (χ1n) is 5.14. The van der Waals surface area contributed by atoms with Gasteiger partial charge >= 0.3 is 0 Å². The summed E-state index contributed by atoms with van der Waals surface area (Å²) in [6.45, 7) is 7.07. The molecule has 0 fully saturated rings. The molecule has 0 spiro atoms. The highest BCUT2D eigenvalue weighted by Crippen LogP contribution is 2.18. The van der Waals surface area contributed by atoms with Gasteiger partial charge in [-0.25, -0.2) is 0 Å². The minimum absolute atomic E-state index is 0.794. The van der Waals surface area contributed by atoms with E-state index in [4.69, 9.17) is 4.74 Å². The van der Waals surface area contributed by atoms with Crippen molar-refractivity contribution < 1.29 is 4.74 Å². The van der Waals surface area contributed by atoms with Crippen molar-refractivity contribution >= 4 is 5.57 Å². The Morgan fingerprint density at radius 2 is 1.93 bits per heavy atom. The lowest BCUT2D eigenvalue weighted by Crippen LogP contribution is -1.94. The molecule has 0 heterocycles. The third-order valence-corrected chi connectivity index (χ3v) is 2.22. The summed E-state index contributed by atoms with van der Waals surface area (Å²) in [5.41, 5.74) is 2.56. The maximum Gasteiger partial charge on any atom is 0.119 e. The van der Waals surface area contributed by atoms with Crippen molar-refractivity contribution in [3.8, 4) is 5.75 Å². The smallest absolute Gasteiger partial charge is 0.119 e. The number of allylic oxidation sites excluding steroid dienone is 2. The first kappa shape index (κ1) is 10.8. The van der Waals surface area contributed by atoms with Gasteiger partial charge in [-0.2, -0.15) is 0 Å². The second-order valence-electron chi connectivity index (χ2n) is 3.34. The van der Waals surface area contributed by atoms with Crippen LogP contribution in [0.4, 0.5) is 0 Å². The Hall–Kier alpha value is -1.24. The molecule has 0 unspecified atom stereocenters. The minimum atomic E-state index is 0.794. The molecule has 0 amide bonds. The summed E-state index contributed by atoms with van der Waals surface area (Å²) in [6.07, 6.45) is 3.16. The fourth-order valence-corrected chi connectivity index (χ4v) is 1.20. The van der Waals surface area contributed by atoms with Crippen molar-refractivity contribution in [2.24, 2.45) is 0 Å². The minimum Gasteiger partial charge on any atom is -0.494 e. The van der Waals surface area contributed by atoms with Crippen molar-refractivity contribution in [2.75, 3.05) is 6.61 Å². The van der Waals surface area contributed by atoms with Crippen LogP contribution in [0.1, 0.15) is 32.8 Å². The lowest BCUT2D eigenvalue weighted by atomic mass is 10.1. The van der Waals surface area contributed by atoms with Gasteiger partial charge in [0.25, 0.3) is 0 Å². The Bertz CT molecular complexity index is 296. The van der Waals surface area contributed by atoms with E-state index in [1.54, 1.807) is 0 Å². The van der Waals surface area contributed by atoms with Crippen LogP contribution >= 0.6 is 0 Å². The Balaban J connectivity index is 2.68. The molecule has 0 aromatic heterocycles. The maximum absolute atomic E-state index is 5.50. The van der Waals surface area contributed by atoms with Gasteiger partial charge in [-0.3, -0.25) is 0 Å². The predicted molar refractivity (Wildman–Crippen MR) is 61.6 cm³/mol. The highest BCUT2D eigenvalue weighted by atomic mass is 16.5. The molecule has 14 heavy (non-hydrogen) atoms. The van der Waals surface area contributed by atoms with Gasteiger partial charge < -0.3 is 4.74 Å². The SMILES string of the molecule is CC=C(C)c1ccc(OCCC)cc1. The van der Waals surface area contributed by atoms with Gasteiger partial charge in [0.05, 0.1) is 6.61 Å². The predicted octanol–water partition coefficient (Wildman–Crippen LogP) is 3.90. The molecule has 0 aliphatic carbocycles. The summed E-state index contributed by atoms with van der Waals surface area (Å²) in [5.74, 6) is 0.958. The van der Waals surface area contributed by atoms with Gasteiger partial charge in [-0.1, -0.05) is 25.1 Å². The third-order valence-electron chi connectivity index (χ3n) is 2.22. The molecule has 0 radical (unpaired) electrons. The van der Waals surface area contributed by atoms with Crippen LogP contribution in [-0.2, 0) is 0 Å². The molecule has 76 valence electrons. The van der Waals surface area contributed by atoms with Crippen molar-refractivity contribution in [2.45, 2.75) is 27.2 Å². The zero-order valence-corrected chi connectivity index (χ0v) is 9.21. The molecular weight excluding hydrogens is 172 g/mol. The van der Waals surface area contributed by atoms with E-state index in [2.05, 4.69) is 39.0 Å². The normalized spacial score (nSPS) is 11.5. The van der Waals surface area contributed by atoms with E-state index in [0.717, 1.165) is 18.8 Å². The number of hydrogen-bond donors (Lipinski definition) is 0. The second-order valence-corrected chi connectivity index (χ2v) is 3.34. The first-order valence-corrected chi connectivity index (χ1v) is 5.14. The van der Waals surface area contributed by atoms with E-state index >= 15 is 0 Å². The van der Waals surface area contributed by atoms with Crippen molar-refractivity contribution in [1.82, 2.24) is 0 Å². The topological polar surface area (TPSA) is 9.23 Å². The molecule has 0 aliphatic rings. The van der Waals surface area contributed by atoms with Crippen LogP contribution in [0.3, 0.4) is 0 Å². The lowest BCUT2D eigenvalue weighted by molar-refractivity contribution is 0.317. The molecule has 1 rings (SSSR count).